The average Bonchev–Trinajstić information content (AvgIpc) is 3.49. The lowest BCUT2D eigenvalue weighted by molar-refractivity contribution is 1.31. The minimum absolute atomic E-state index is 1.09. The van der Waals surface area contributed by atoms with Crippen molar-refractivity contribution in [2.24, 2.45) is 0 Å². The van der Waals surface area contributed by atoms with Crippen LogP contribution in [-0.4, -0.2) is 0 Å². The molecule has 0 fully saturated rings. The van der Waals surface area contributed by atoms with E-state index >= 15 is 0 Å². The Labute approximate surface area is 437 Å². The van der Waals surface area contributed by atoms with Gasteiger partial charge in [0.05, 0.1) is 5.69 Å². The normalized spacial score (nSPS) is 11.7. The Morgan fingerprint density at radius 3 is 1.20 bits per heavy atom. The summed E-state index contributed by atoms with van der Waals surface area (Å²) in [5, 5.41) is 14.7. The van der Waals surface area contributed by atoms with E-state index in [1.165, 1.54) is 109 Å². The van der Waals surface area contributed by atoms with Gasteiger partial charge in [0, 0.05) is 22.1 Å². The summed E-state index contributed by atoms with van der Waals surface area (Å²) < 4.78 is 0. The van der Waals surface area contributed by atoms with Crippen LogP contribution >= 0.6 is 0 Å². The van der Waals surface area contributed by atoms with Crippen molar-refractivity contribution in [1.29, 1.82) is 0 Å². The van der Waals surface area contributed by atoms with Gasteiger partial charge in [-0.2, -0.15) is 0 Å². The third kappa shape index (κ3) is 7.90. The number of benzene rings is 14. The molecule has 0 radical (unpaired) electrons. The molecule has 0 heterocycles. The summed E-state index contributed by atoms with van der Waals surface area (Å²) in [6.07, 6.45) is 4.40. The number of para-hydroxylation sites is 1. The second kappa shape index (κ2) is 18.7. The van der Waals surface area contributed by atoms with Crippen LogP contribution in [0.1, 0.15) is 11.1 Å². The second-order valence-electron chi connectivity index (χ2n) is 19.6. The second-order valence-corrected chi connectivity index (χ2v) is 19.6. The fraction of sp³-hybridized carbons (Fsp3) is 0. The molecule has 1 heteroatoms. The number of rotatable bonds is 9. The van der Waals surface area contributed by atoms with Crippen LogP contribution in [0.15, 0.2) is 285 Å². The largest absolute Gasteiger partial charge is 0.309 e. The SMILES string of the molecule is C(=Cc1cccc(-c2c3ccccc3c(N(c3ccccc3)c3ccc(-c4ccc5c(-c6ccc7ccccc7c6)c6ccccc6c(-c6ccc7ccccc7c6)c5c4)cc3)c3ccccc23)c1)c1ccccc1. The first kappa shape index (κ1) is 43.9. The number of nitrogens with zero attached hydrogens (tertiary/aromatic N) is 1. The third-order valence-corrected chi connectivity index (χ3v) is 15.1. The van der Waals surface area contributed by atoms with Crippen molar-refractivity contribution in [2.75, 3.05) is 4.90 Å². The number of hydrogen-bond acceptors (Lipinski definition) is 1. The first-order chi connectivity index (χ1) is 37.2. The predicted molar refractivity (Wildman–Crippen MR) is 323 cm³/mol. The average molecular weight is 952 g/mol. The van der Waals surface area contributed by atoms with E-state index in [0.717, 1.165) is 28.2 Å². The Bertz CT molecular complexity index is 4450. The zero-order valence-corrected chi connectivity index (χ0v) is 41.2. The van der Waals surface area contributed by atoms with Crippen LogP contribution in [-0.2, 0) is 0 Å². The molecule has 14 aromatic carbocycles. The van der Waals surface area contributed by atoms with Gasteiger partial charge in [0.1, 0.15) is 0 Å². The molecular weight excluding hydrogens is 903 g/mol. The van der Waals surface area contributed by atoms with Gasteiger partial charge in [-0.15, -0.1) is 0 Å². The molecule has 0 aliphatic heterocycles. The maximum absolute atomic E-state index is 2.46. The summed E-state index contributed by atoms with van der Waals surface area (Å²) in [6.45, 7) is 0. The van der Waals surface area contributed by atoms with Crippen molar-refractivity contribution in [1.82, 2.24) is 0 Å². The standard InChI is InChI=1S/C74H49N/c1-3-18-50(19-4-1)34-35-51-20-17-25-58(46-51)71-65-30-13-15-32-68(65)74(69-33-16-14-31-66(69)71)75(61-26-5-2-6-27-61)62-43-40-54(41-44-62)57-42-45-67-70(49-57)73(60-39-37-53-22-8-10-24-56(53)48-60)64-29-12-11-28-63(64)72(67)59-38-36-52-21-7-9-23-55(52)47-59/h1-49H. The van der Waals surface area contributed by atoms with Crippen LogP contribution in [0.25, 0.3) is 121 Å². The van der Waals surface area contributed by atoms with Gasteiger partial charge in [0.25, 0.3) is 0 Å². The van der Waals surface area contributed by atoms with Crippen molar-refractivity contribution < 1.29 is 0 Å². The maximum atomic E-state index is 2.46. The summed E-state index contributed by atoms with van der Waals surface area (Å²) in [5.41, 5.74) is 15.4. The van der Waals surface area contributed by atoms with E-state index in [1.807, 2.05) is 0 Å². The highest BCUT2D eigenvalue weighted by molar-refractivity contribution is 6.24. The van der Waals surface area contributed by atoms with Crippen molar-refractivity contribution in [3.63, 3.8) is 0 Å². The van der Waals surface area contributed by atoms with Crippen molar-refractivity contribution in [3.05, 3.63) is 296 Å². The molecule has 14 aromatic rings. The summed E-state index contributed by atoms with van der Waals surface area (Å²) in [5.74, 6) is 0. The van der Waals surface area contributed by atoms with Gasteiger partial charge in [-0.05, 0) is 158 Å². The van der Waals surface area contributed by atoms with E-state index < -0.39 is 0 Å². The lowest BCUT2D eigenvalue weighted by Gasteiger charge is -2.29. The molecular formula is C74H49N. The van der Waals surface area contributed by atoms with Crippen LogP contribution in [0.3, 0.4) is 0 Å². The fourth-order valence-corrected chi connectivity index (χ4v) is 11.7. The first-order valence-electron chi connectivity index (χ1n) is 25.9. The van der Waals surface area contributed by atoms with Gasteiger partial charge < -0.3 is 4.90 Å². The molecule has 350 valence electrons. The summed E-state index contributed by atoms with van der Waals surface area (Å²) in [4.78, 5) is 2.46. The molecule has 0 aliphatic carbocycles. The molecule has 0 bridgehead atoms. The van der Waals surface area contributed by atoms with Crippen molar-refractivity contribution in [2.45, 2.75) is 0 Å². The maximum Gasteiger partial charge on any atom is 0.0618 e. The topological polar surface area (TPSA) is 3.24 Å². The summed E-state index contributed by atoms with van der Waals surface area (Å²) >= 11 is 0. The Kier molecular flexibility index (Phi) is 10.9. The molecule has 0 saturated heterocycles. The molecule has 0 N–H and O–H groups in total. The summed E-state index contributed by atoms with van der Waals surface area (Å²) in [7, 11) is 0. The third-order valence-electron chi connectivity index (χ3n) is 15.1. The fourth-order valence-electron chi connectivity index (χ4n) is 11.7. The Hall–Kier alpha value is -9.82. The van der Waals surface area contributed by atoms with Gasteiger partial charge in [0.15, 0.2) is 0 Å². The van der Waals surface area contributed by atoms with Crippen LogP contribution in [0.2, 0.25) is 0 Å². The lowest BCUT2D eigenvalue weighted by Crippen LogP contribution is -2.11. The molecule has 0 atom stereocenters. The molecule has 0 aliphatic rings. The molecule has 0 spiro atoms. The van der Waals surface area contributed by atoms with E-state index in [-0.39, 0.29) is 0 Å². The smallest absolute Gasteiger partial charge is 0.0618 e. The Morgan fingerprint density at radius 1 is 0.213 bits per heavy atom. The van der Waals surface area contributed by atoms with E-state index in [4.69, 9.17) is 0 Å². The zero-order chi connectivity index (χ0) is 49.7. The number of fused-ring (bicyclic) bond motifs is 6. The number of hydrogen-bond donors (Lipinski definition) is 0. The lowest BCUT2D eigenvalue weighted by atomic mass is 9.84. The van der Waals surface area contributed by atoms with Gasteiger partial charge >= 0.3 is 0 Å². The van der Waals surface area contributed by atoms with Gasteiger partial charge in [-0.25, -0.2) is 0 Å². The minimum atomic E-state index is 1.09. The zero-order valence-electron chi connectivity index (χ0n) is 41.2. The molecule has 0 unspecified atom stereocenters. The van der Waals surface area contributed by atoms with Gasteiger partial charge in [-0.1, -0.05) is 249 Å². The summed E-state index contributed by atoms with van der Waals surface area (Å²) in [6, 6.07) is 105. The Morgan fingerprint density at radius 2 is 0.613 bits per heavy atom. The van der Waals surface area contributed by atoms with Crippen LogP contribution < -0.4 is 4.90 Å². The predicted octanol–water partition coefficient (Wildman–Crippen LogP) is 20.9. The quantitative estimate of drug-likeness (QED) is 0.103. The number of anilines is 3. The van der Waals surface area contributed by atoms with E-state index in [1.54, 1.807) is 0 Å². The van der Waals surface area contributed by atoms with Crippen LogP contribution in [0.4, 0.5) is 17.1 Å². The molecule has 0 saturated carbocycles. The highest BCUT2D eigenvalue weighted by Crippen LogP contribution is 2.50. The minimum Gasteiger partial charge on any atom is -0.309 e. The molecule has 0 aromatic heterocycles. The van der Waals surface area contributed by atoms with Crippen LogP contribution in [0.5, 0.6) is 0 Å². The Balaban J connectivity index is 0.934. The highest BCUT2D eigenvalue weighted by atomic mass is 15.1. The van der Waals surface area contributed by atoms with E-state index in [9.17, 15) is 0 Å². The highest BCUT2D eigenvalue weighted by Gasteiger charge is 2.23. The van der Waals surface area contributed by atoms with Crippen molar-refractivity contribution >= 4 is 93.8 Å². The van der Waals surface area contributed by atoms with Crippen LogP contribution in [0, 0.1) is 0 Å². The molecule has 1 nitrogen and oxygen atoms in total. The first-order valence-corrected chi connectivity index (χ1v) is 25.9. The monoisotopic (exact) mass is 951 g/mol. The van der Waals surface area contributed by atoms with Crippen molar-refractivity contribution in [3.8, 4) is 44.5 Å². The molecule has 0 amide bonds. The molecule has 75 heavy (non-hydrogen) atoms. The van der Waals surface area contributed by atoms with E-state index in [0.29, 0.717) is 0 Å². The van der Waals surface area contributed by atoms with Gasteiger partial charge in [0.2, 0.25) is 0 Å². The van der Waals surface area contributed by atoms with E-state index in [2.05, 4.69) is 302 Å². The molecule has 14 rings (SSSR count). The van der Waals surface area contributed by atoms with Gasteiger partial charge in [-0.3, -0.25) is 0 Å².